The second-order valence-corrected chi connectivity index (χ2v) is 5.18. The molecule has 0 bridgehead atoms. The van der Waals surface area contributed by atoms with Crippen LogP contribution in [0, 0.1) is 11.7 Å². The fourth-order valence-corrected chi connectivity index (χ4v) is 2.19. The van der Waals surface area contributed by atoms with Crippen molar-refractivity contribution in [3.05, 3.63) is 34.8 Å². The molecule has 2 aromatic rings. The third kappa shape index (κ3) is 2.72. The number of halogens is 2. The van der Waals surface area contributed by atoms with Crippen molar-refractivity contribution >= 4 is 15.9 Å². The van der Waals surface area contributed by atoms with Gasteiger partial charge in [0.2, 0.25) is 0 Å². The number of aromatic nitrogens is 3. The first-order chi connectivity index (χ1) is 8.08. The Morgan fingerprint density at radius 1 is 1.41 bits per heavy atom. The van der Waals surface area contributed by atoms with Crippen LogP contribution in [0.4, 0.5) is 4.39 Å². The van der Waals surface area contributed by atoms with Crippen LogP contribution in [0.1, 0.15) is 13.8 Å². The number of benzene rings is 1. The Kier molecular flexibility index (Phi) is 3.57. The average molecular weight is 298 g/mol. The SMILES string of the molecule is CC(C)Cn1cnnc1-c1ccc(F)cc1Br. The summed E-state index contributed by atoms with van der Waals surface area (Å²) in [6.07, 6.45) is 1.70. The topological polar surface area (TPSA) is 30.7 Å². The summed E-state index contributed by atoms with van der Waals surface area (Å²) < 4.78 is 15.7. The van der Waals surface area contributed by atoms with Crippen LogP contribution in [0.5, 0.6) is 0 Å². The van der Waals surface area contributed by atoms with Gasteiger partial charge in [-0.15, -0.1) is 10.2 Å². The largest absolute Gasteiger partial charge is 0.313 e. The molecule has 2 rings (SSSR count). The normalized spacial score (nSPS) is 11.1. The van der Waals surface area contributed by atoms with Gasteiger partial charge in [-0.3, -0.25) is 0 Å². The van der Waals surface area contributed by atoms with E-state index in [1.807, 2.05) is 4.57 Å². The molecule has 0 saturated carbocycles. The highest BCUT2D eigenvalue weighted by molar-refractivity contribution is 9.10. The van der Waals surface area contributed by atoms with Gasteiger partial charge in [-0.1, -0.05) is 13.8 Å². The summed E-state index contributed by atoms with van der Waals surface area (Å²) in [5, 5.41) is 8.00. The zero-order valence-electron chi connectivity index (χ0n) is 9.69. The van der Waals surface area contributed by atoms with Gasteiger partial charge >= 0.3 is 0 Å². The zero-order valence-corrected chi connectivity index (χ0v) is 11.3. The lowest BCUT2D eigenvalue weighted by Crippen LogP contribution is -2.05. The van der Waals surface area contributed by atoms with E-state index < -0.39 is 0 Å². The van der Waals surface area contributed by atoms with Crippen molar-refractivity contribution < 1.29 is 4.39 Å². The Hall–Kier alpha value is -1.23. The molecule has 0 radical (unpaired) electrons. The van der Waals surface area contributed by atoms with E-state index in [4.69, 9.17) is 0 Å². The molecule has 0 spiro atoms. The van der Waals surface area contributed by atoms with E-state index in [1.165, 1.54) is 12.1 Å². The van der Waals surface area contributed by atoms with Crippen LogP contribution in [0.3, 0.4) is 0 Å². The molecule has 0 fully saturated rings. The van der Waals surface area contributed by atoms with Gasteiger partial charge in [-0.2, -0.15) is 0 Å². The lowest BCUT2D eigenvalue weighted by molar-refractivity contribution is 0.525. The third-order valence-corrected chi connectivity index (χ3v) is 3.01. The van der Waals surface area contributed by atoms with Gasteiger partial charge in [0, 0.05) is 16.6 Å². The first-order valence-corrected chi connectivity index (χ1v) is 6.20. The Morgan fingerprint density at radius 2 is 2.18 bits per heavy atom. The molecule has 1 aromatic carbocycles. The molecule has 0 unspecified atom stereocenters. The van der Waals surface area contributed by atoms with Crippen LogP contribution in [0.15, 0.2) is 29.0 Å². The highest BCUT2D eigenvalue weighted by Crippen LogP contribution is 2.27. The van der Waals surface area contributed by atoms with E-state index in [-0.39, 0.29) is 5.82 Å². The van der Waals surface area contributed by atoms with E-state index in [0.717, 1.165) is 17.9 Å². The fourth-order valence-electron chi connectivity index (χ4n) is 1.66. The summed E-state index contributed by atoms with van der Waals surface area (Å²) in [5.41, 5.74) is 0.851. The quantitative estimate of drug-likeness (QED) is 0.868. The van der Waals surface area contributed by atoms with Gasteiger partial charge in [0.15, 0.2) is 5.82 Å². The number of hydrogen-bond acceptors (Lipinski definition) is 2. The van der Waals surface area contributed by atoms with Crippen LogP contribution >= 0.6 is 15.9 Å². The number of rotatable bonds is 3. The highest BCUT2D eigenvalue weighted by atomic mass is 79.9. The van der Waals surface area contributed by atoms with Gasteiger partial charge in [-0.05, 0) is 40.0 Å². The maximum Gasteiger partial charge on any atom is 0.164 e. The molecular formula is C12H13BrFN3. The van der Waals surface area contributed by atoms with Crippen LogP contribution < -0.4 is 0 Å². The minimum Gasteiger partial charge on any atom is -0.313 e. The standard InChI is InChI=1S/C12H13BrFN3/c1-8(2)6-17-7-15-16-12(17)10-4-3-9(14)5-11(10)13/h3-5,7-8H,6H2,1-2H3. The van der Waals surface area contributed by atoms with Gasteiger partial charge in [0.05, 0.1) is 0 Å². The van der Waals surface area contributed by atoms with Crippen LogP contribution in [-0.4, -0.2) is 14.8 Å². The van der Waals surface area contributed by atoms with Gasteiger partial charge in [-0.25, -0.2) is 4.39 Å². The first-order valence-electron chi connectivity index (χ1n) is 5.41. The average Bonchev–Trinajstić information content (AvgIpc) is 2.65. The van der Waals surface area contributed by atoms with Crippen molar-refractivity contribution in [2.45, 2.75) is 20.4 Å². The summed E-state index contributed by atoms with van der Waals surface area (Å²) in [5.74, 6) is 0.991. The van der Waals surface area contributed by atoms with Gasteiger partial charge in [0.25, 0.3) is 0 Å². The Morgan fingerprint density at radius 3 is 2.82 bits per heavy atom. The Labute approximate surface area is 108 Å². The molecule has 3 nitrogen and oxygen atoms in total. The van der Waals surface area contributed by atoms with Crippen LogP contribution in [0.25, 0.3) is 11.4 Å². The van der Waals surface area contributed by atoms with E-state index in [2.05, 4.69) is 40.0 Å². The van der Waals surface area contributed by atoms with E-state index in [0.29, 0.717) is 10.4 Å². The monoisotopic (exact) mass is 297 g/mol. The Bertz CT molecular complexity index is 522. The van der Waals surface area contributed by atoms with Crippen molar-refractivity contribution in [3.63, 3.8) is 0 Å². The summed E-state index contributed by atoms with van der Waals surface area (Å²) in [6.45, 7) is 5.10. The molecule has 0 aliphatic heterocycles. The molecular weight excluding hydrogens is 285 g/mol. The highest BCUT2D eigenvalue weighted by Gasteiger charge is 2.12. The van der Waals surface area contributed by atoms with E-state index >= 15 is 0 Å². The molecule has 17 heavy (non-hydrogen) atoms. The zero-order chi connectivity index (χ0) is 12.4. The first kappa shape index (κ1) is 12.2. The fraction of sp³-hybridized carbons (Fsp3) is 0.333. The minimum atomic E-state index is -0.268. The molecule has 0 aliphatic rings. The summed E-state index contributed by atoms with van der Waals surface area (Å²) in [4.78, 5) is 0. The minimum absolute atomic E-state index is 0.268. The molecule has 0 atom stereocenters. The number of nitrogens with zero attached hydrogens (tertiary/aromatic N) is 3. The maximum absolute atomic E-state index is 13.0. The molecule has 0 aliphatic carbocycles. The molecule has 5 heteroatoms. The lowest BCUT2D eigenvalue weighted by Gasteiger charge is -2.10. The van der Waals surface area contributed by atoms with Crippen molar-refractivity contribution in [2.75, 3.05) is 0 Å². The van der Waals surface area contributed by atoms with Crippen LogP contribution in [0.2, 0.25) is 0 Å². The third-order valence-electron chi connectivity index (χ3n) is 2.35. The van der Waals surface area contributed by atoms with E-state index in [9.17, 15) is 4.39 Å². The second-order valence-electron chi connectivity index (χ2n) is 4.32. The van der Waals surface area contributed by atoms with Gasteiger partial charge < -0.3 is 4.57 Å². The van der Waals surface area contributed by atoms with Crippen molar-refractivity contribution in [1.82, 2.24) is 14.8 Å². The van der Waals surface area contributed by atoms with Gasteiger partial charge in [0.1, 0.15) is 12.1 Å². The molecule has 90 valence electrons. The van der Waals surface area contributed by atoms with E-state index in [1.54, 1.807) is 12.4 Å². The summed E-state index contributed by atoms with van der Waals surface area (Å²) >= 11 is 3.35. The predicted molar refractivity (Wildman–Crippen MR) is 68.0 cm³/mol. The number of hydrogen-bond donors (Lipinski definition) is 0. The van der Waals surface area contributed by atoms with Crippen LogP contribution in [-0.2, 0) is 6.54 Å². The maximum atomic E-state index is 13.0. The molecule has 0 N–H and O–H groups in total. The second kappa shape index (κ2) is 4.96. The predicted octanol–water partition coefficient (Wildman–Crippen LogP) is 3.50. The lowest BCUT2D eigenvalue weighted by atomic mass is 10.2. The molecule has 0 amide bonds. The van der Waals surface area contributed by atoms with Crippen molar-refractivity contribution in [1.29, 1.82) is 0 Å². The Balaban J connectivity index is 2.42. The molecule has 1 aromatic heterocycles. The molecule has 1 heterocycles. The van der Waals surface area contributed by atoms with Crippen molar-refractivity contribution in [3.8, 4) is 11.4 Å². The molecule has 0 saturated heterocycles. The van der Waals surface area contributed by atoms with Crippen molar-refractivity contribution in [2.24, 2.45) is 5.92 Å². The smallest absolute Gasteiger partial charge is 0.164 e. The summed E-state index contributed by atoms with van der Waals surface area (Å²) in [6, 6.07) is 4.57. The summed E-state index contributed by atoms with van der Waals surface area (Å²) in [7, 11) is 0.